The van der Waals surface area contributed by atoms with E-state index in [4.69, 9.17) is 0 Å². The molecule has 0 spiro atoms. The Labute approximate surface area is 106 Å². The van der Waals surface area contributed by atoms with E-state index in [2.05, 4.69) is 9.97 Å². The van der Waals surface area contributed by atoms with E-state index in [-0.39, 0.29) is 5.69 Å². The van der Waals surface area contributed by atoms with Gasteiger partial charge in [-0.1, -0.05) is 18.2 Å². The van der Waals surface area contributed by atoms with Crippen LogP contribution >= 0.6 is 11.3 Å². The fourth-order valence-electron chi connectivity index (χ4n) is 1.86. The lowest BCUT2D eigenvalue weighted by molar-refractivity contribution is 0.589. The maximum atomic E-state index is 13.3. The van der Waals surface area contributed by atoms with Gasteiger partial charge in [-0.05, 0) is 13.0 Å². The molecule has 3 aromatic rings. The van der Waals surface area contributed by atoms with Gasteiger partial charge in [-0.2, -0.15) is 4.39 Å². The first-order valence-corrected chi connectivity index (χ1v) is 6.28. The summed E-state index contributed by atoms with van der Waals surface area (Å²) in [4.78, 5) is 18.0. The molecule has 3 rings (SSSR count). The molecule has 0 amide bonds. The minimum Gasteiger partial charge on any atom is -0.304 e. The van der Waals surface area contributed by atoms with Crippen molar-refractivity contribution < 1.29 is 4.39 Å². The van der Waals surface area contributed by atoms with Crippen molar-refractivity contribution in [3.63, 3.8) is 0 Å². The van der Waals surface area contributed by atoms with Gasteiger partial charge in [-0.15, -0.1) is 11.3 Å². The topological polar surface area (TPSA) is 45.8 Å². The number of nitrogens with zero attached hydrogens (tertiary/aromatic N) is 1. The van der Waals surface area contributed by atoms with Crippen LogP contribution in [0.2, 0.25) is 0 Å². The van der Waals surface area contributed by atoms with Crippen molar-refractivity contribution in [2.45, 2.75) is 6.92 Å². The number of rotatable bonds is 1. The van der Waals surface area contributed by atoms with E-state index in [1.54, 1.807) is 11.3 Å². The molecule has 0 aliphatic heterocycles. The summed E-state index contributed by atoms with van der Waals surface area (Å²) in [6.45, 7) is 1.49. The van der Waals surface area contributed by atoms with Crippen LogP contribution in [-0.2, 0) is 0 Å². The van der Waals surface area contributed by atoms with E-state index in [1.807, 2.05) is 29.6 Å². The number of benzene rings is 1. The minimum atomic E-state index is -0.821. The van der Waals surface area contributed by atoms with Gasteiger partial charge in [0.05, 0.1) is 5.69 Å². The van der Waals surface area contributed by atoms with E-state index in [0.29, 0.717) is 5.82 Å². The lowest BCUT2D eigenvalue weighted by Crippen LogP contribution is -2.15. The van der Waals surface area contributed by atoms with E-state index in [0.717, 1.165) is 15.6 Å². The third kappa shape index (κ3) is 1.64. The summed E-state index contributed by atoms with van der Waals surface area (Å²) in [7, 11) is 0. The largest absolute Gasteiger partial charge is 0.304 e. The molecule has 0 unspecified atom stereocenters. The van der Waals surface area contributed by atoms with Crippen molar-refractivity contribution >= 4 is 21.4 Å². The van der Waals surface area contributed by atoms with Gasteiger partial charge < -0.3 is 4.98 Å². The molecule has 5 heteroatoms. The average Bonchev–Trinajstić information content (AvgIpc) is 2.79. The Kier molecular flexibility index (Phi) is 2.48. The molecule has 0 radical (unpaired) electrons. The molecule has 0 bridgehead atoms. The van der Waals surface area contributed by atoms with Crippen LogP contribution in [0.1, 0.15) is 5.69 Å². The van der Waals surface area contributed by atoms with Crippen molar-refractivity contribution in [3.8, 4) is 11.4 Å². The number of nitrogens with one attached hydrogen (secondary N) is 1. The number of H-pyrrole nitrogens is 1. The monoisotopic (exact) mass is 260 g/mol. The summed E-state index contributed by atoms with van der Waals surface area (Å²) >= 11 is 1.57. The lowest BCUT2D eigenvalue weighted by atomic mass is 10.1. The highest BCUT2D eigenvalue weighted by Gasteiger charge is 2.12. The predicted molar refractivity (Wildman–Crippen MR) is 70.4 cm³/mol. The minimum absolute atomic E-state index is 0.115. The van der Waals surface area contributed by atoms with Crippen LogP contribution < -0.4 is 5.56 Å². The van der Waals surface area contributed by atoms with Crippen LogP contribution in [0.3, 0.4) is 0 Å². The van der Waals surface area contributed by atoms with Gasteiger partial charge in [0.25, 0.3) is 5.56 Å². The lowest BCUT2D eigenvalue weighted by Gasteiger charge is -2.01. The molecule has 0 aliphatic rings. The van der Waals surface area contributed by atoms with Crippen LogP contribution in [0, 0.1) is 12.7 Å². The van der Waals surface area contributed by atoms with E-state index in [1.165, 1.54) is 6.92 Å². The molecule has 2 heterocycles. The molecule has 90 valence electrons. The second kappa shape index (κ2) is 4.03. The Hall–Kier alpha value is -2.01. The van der Waals surface area contributed by atoms with Crippen LogP contribution in [-0.4, -0.2) is 9.97 Å². The number of hydrogen-bond acceptors (Lipinski definition) is 3. The fourth-order valence-corrected chi connectivity index (χ4v) is 2.81. The molecule has 0 saturated carbocycles. The predicted octanol–water partition coefficient (Wildman–Crippen LogP) is 3.10. The zero-order valence-corrected chi connectivity index (χ0v) is 10.3. The van der Waals surface area contributed by atoms with Gasteiger partial charge in [0.2, 0.25) is 5.82 Å². The van der Waals surface area contributed by atoms with Crippen LogP contribution in [0.15, 0.2) is 34.4 Å². The molecule has 0 fully saturated rings. The highest BCUT2D eigenvalue weighted by Crippen LogP contribution is 2.31. The van der Waals surface area contributed by atoms with E-state index >= 15 is 0 Å². The van der Waals surface area contributed by atoms with Crippen LogP contribution in [0.4, 0.5) is 4.39 Å². The fraction of sp³-hybridized carbons (Fsp3) is 0.0769. The quantitative estimate of drug-likeness (QED) is 0.730. The number of aromatic amines is 1. The normalized spacial score (nSPS) is 11.0. The zero-order chi connectivity index (χ0) is 12.7. The van der Waals surface area contributed by atoms with Crippen molar-refractivity contribution in [1.82, 2.24) is 9.97 Å². The Bertz CT molecular complexity index is 791. The number of halogens is 1. The Morgan fingerprint density at radius 2 is 2.11 bits per heavy atom. The molecule has 0 saturated heterocycles. The van der Waals surface area contributed by atoms with Gasteiger partial charge in [-0.3, -0.25) is 4.79 Å². The molecule has 18 heavy (non-hydrogen) atoms. The Balaban J connectivity index is 2.30. The number of hydrogen-bond donors (Lipinski definition) is 1. The molecule has 0 atom stereocenters. The molecule has 2 aromatic heterocycles. The smallest absolute Gasteiger partial charge is 0.287 e. The Morgan fingerprint density at radius 3 is 2.89 bits per heavy atom. The highest BCUT2D eigenvalue weighted by atomic mass is 32.1. The van der Waals surface area contributed by atoms with Crippen LogP contribution in [0.25, 0.3) is 21.5 Å². The number of aryl methyl sites for hydroxylation is 1. The van der Waals surface area contributed by atoms with E-state index < -0.39 is 11.4 Å². The van der Waals surface area contributed by atoms with Gasteiger partial charge in [-0.25, -0.2) is 4.98 Å². The third-order valence-electron chi connectivity index (χ3n) is 2.76. The summed E-state index contributed by atoms with van der Waals surface area (Å²) in [5.41, 5.74) is 0.215. The second-order valence-corrected chi connectivity index (χ2v) is 4.87. The molecular weight excluding hydrogens is 251 g/mol. The molecular formula is C13H9FN2OS. The molecule has 3 nitrogen and oxygen atoms in total. The molecule has 0 aliphatic carbocycles. The van der Waals surface area contributed by atoms with Gasteiger partial charge in [0.1, 0.15) is 5.82 Å². The van der Waals surface area contributed by atoms with Crippen molar-refractivity contribution in [3.05, 3.63) is 51.5 Å². The maximum Gasteiger partial charge on any atom is 0.287 e. The summed E-state index contributed by atoms with van der Waals surface area (Å²) in [6.07, 6.45) is 0. The average molecular weight is 260 g/mol. The zero-order valence-electron chi connectivity index (χ0n) is 9.53. The third-order valence-corrected chi connectivity index (χ3v) is 3.73. The first-order valence-electron chi connectivity index (χ1n) is 5.40. The summed E-state index contributed by atoms with van der Waals surface area (Å²) in [5.74, 6) is -0.408. The standard InChI is InChI=1S/C13H9FN2OS/c1-7-11(14)13(17)16-12(15-7)9-6-18-10-5-3-2-4-8(9)10/h2-6H,1H3,(H,15,16,17). The molecule has 1 aromatic carbocycles. The first kappa shape index (κ1) is 11.1. The maximum absolute atomic E-state index is 13.3. The SMILES string of the molecule is Cc1nc(-c2csc3ccccc23)[nH]c(=O)c1F. The summed E-state index contributed by atoms with van der Waals surface area (Å²) < 4.78 is 14.4. The summed E-state index contributed by atoms with van der Waals surface area (Å²) in [5, 5.41) is 2.93. The van der Waals surface area contributed by atoms with Gasteiger partial charge >= 0.3 is 0 Å². The van der Waals surface area contributed by atoms with E-state index in [9.17, 15) is 9.18 Å². The van der Waals surface area contributed by atoms with Crippen molar-refractivity contribution in [2.75, 3.05) is 0 Å². The van der Waals surface area contributed by atoms with Crippen molar-refractivity contribution in [2.24, 2.45) is 0 Å². The summed E-state index contributed by atoms with van der Waals surface area (Å²) in [6, 6.07) is 7.83. The second-order valence-electron chi connectivity index (χ2n) is 3.96. The van der Waals surface area contributed by atoms with Crippen molar-refractivity contribution in [1.29, 1.82) is 0 Å². The van der Waals surface area contributed by atoms with Gasteiger partial charge in [0.15, 0.2) is 0 Å². The number of fused-ring (bicyclic) bond motifs is 1. The highest BCUT2D eigenvalue weighted by molar-refractivity contribution is 7.17. The first-order chi connectivity index (χ1) is 8.66. The number of thiophene rings is 1. The molecule has 1 N–H and O–H groups in total. The number of aromatic nitrogens is 2. The Morgan fingerprint density at radius 1 is 1.33 bits per heavy atom. The van der Waals surface area contributed by atoms with Gasteiger partial charge in [0, 0.05) is 21.0 Å². The van der Waals surface area contributed by atoms with Crippen LogP contribution in [0.5, 0.6) is 0 Å².